The predicted molar refractivity (Wildman–Crippen MR) is 50.4 cm³/mol. The zero-order chi connectivity index (χ0) is 10.3. The van der Waals surface area contributed by atoms with E-state index >= 15 is 0 Å². The molecule has 0 aromatic rings. The number of rotatable bonds is 6. The van der Waals surface area contributed by atoms with Crippen LogP contribution >= 0.6 is 0 Å². The van der Waals surface area contributed by atoms with E-state index in [1.54, 1.807) is 0 Å². The molecular weight excluding hydrogens is 170 g/mol. The molecule has 0 aliphatic carbocycles. The zero-order valence-corrected chi connectivity index (χ0v) is 8.59. The van der Waals surface area contributed by atoms with E-state index in [1.165, 1.54) is 0 Å². The second-order valence-electron chi connectivity index (χ2n) is 3.74. The summed E-state index contributed by atoms with van der Waals surface area (Å²) in [6, 6.07) is 0. The Bertz CT molecular complexity index is 157. The van der Waals surface area contributed by atoms with Crippen molar-refractivity contribution >= 4 is 5.91 Å². The molecular formula is C9H19NO3. The van der Waals surface area contributed by atoms with Crippen molar-refractivity contribution in [3.63, 3.8) is 0 Å². The summed E-state index contributed by atoms with van der Waals surface area (Å²) in [5.41, 5.74) is -0.262. The fourth-order valence-corrected chi connectivity index (χ4v) is 0.640. The molecule has 4 heteroatoms. The van der Waals surface area contributed by atoms with Crippen molar-refractivity contribution in [2.45, 2.75) is 20.8 Å². The second kappa shape index (κ2) is 5.94. The number of nitrogens with one attached hydrogen (secondary N) is 1. The molecule has 0 bridgehead atoms. The maximum Gasteiger partial charge on any atom is 0.246 e. The van der Waals surface area contributed by atoms with E-state index in [0.717, 1.165) is 0 Å². The molecule has 0 saturated carbocycles. The van der Waals surface area contributed by atoms with Crippen LogP contribution in [0.1, 0.15) is 20.8 Å². The first-order valence-corrected chi connectivity index (χ1v) is 4.47. The minimum atomic E-state index is -0.262. The highest BCUT2D eigenvalue weighted by Gasteiger charge is 2.17. The fraction of sp³-hybridized carbons (Fsp3) is 0.889. The van der Waals surface area contributed by atoms with Crippen molar-refractivity contribution in [3.8, 4) is 0 Å². The molecule has 0 aromatic heterocycles. The van der Waals surface area contributed by atoms with Gasteiger partial charge in [0, 0.05) is 25.2 Å². The average molecular weight is 189 g/mol. The summed E-state index contributed by atoms with van der Waals surface area (Å²) in [7, 11) is 0. The van der Waals surface area contributed by atoms with Crippen LogP contribution in [0.25, 0.3) is 0 Å². The second-order valence-corrected chi connectivity index (χ2v) is 3.74. The van der Waals surface area contributed by atoms with Gasteiger partial charge in [-0.3, -0.25) is 4.79 Å². The van der Waals surface area contributed by atoms with Crippen LogP contribution in [0.15, 0.2) is 0 Å². The summed E-state index contributed by atoms with van der Waals surface area (Å²) < 4.78 is 4.92. The van der Waals surface area contributed by atoms with Gasteiger partial charge in [0.05, 0.1) is 0 Å². The Hall–Kier alpha value is -0.610. The van der Waals surface area contributed by atoms with Crippen LogP contribution in [-0.2, 0) is 9.53 Å². The normalized spacial score (nSPS) is 11.4. The van der Waals surface area contributed by atoms with Crippen molar-refractivity contribution in [1.82, 2.24) is 5.32 Å². The van der Waals surface area contributed by atoms with Gasteiger partial charge in [0.15, 0.2) is 0 Å². The van der Waals surface area contributed by atoms with Gasteiger partial charge in [-0.05, 0) is 6.92 Å². The van der Waals surface area contributed by atoms with Crippen molar-refractivity contribution in [2.24, 2.45) is 5.41 Å². The molecule has 0 rings (SSSR count). The summed E-state index contributed by atoms with van der Waals surface area (Å²) in [5.74, 6) is -0.136. The van der Waals surface area contributed by atoms with E-state index in [2.05, 4.69) is 5.32 Å². The topological polar surface area (TPSA) is 58.6 Å². The highest BCUT2D eigenvalue weighted by Crippen LogP contribution is 2.10. The van der Waals surface area contributed by atoms with Gasteiger partial charge in [0.2, 0.25) is 5.91 Å². The molecule has 0 unspecified atom stereocenters. The molecule has 0 aliphatic rings. The number of aliphatic hydroxyl groups excluding tert-OH is 1. The Morgan fingerprint density at radius 2 is 2.15 bits per heavy atom. The number of aliphatic hydroxyl groups is 1. The molecule has 0 aliphatic heterocycles. The van der Waals surface area contributed by atoms with Crippen molar-refractivity contribution in [1.29, 1.82) is 0 Å². The summed E-state index contributed by atoms with van der Waals surface area (Å²) in [6.45, 7) is 6.76. The molecule has 13 heavy (non-hydrogen) atoms. The Morgan fingerprint density at radius 1 is 1.54 bits per heavy atom. The van der Waals surface area contributed by atoms with Gasteiger partial charge in [0.25, 0.3) is 0 Å². The van der Waals surface area contributed by atoms with Crippen molar-refractivity contribution < 1.29 is 14.6 Å². The molecule has 0 aromatic carbocycles. The molecule has 0 heterocycles. The van der Waals surface area contributed by atoms with Gasteiger partial charge in [-0.25, -0.2) is 0 Å². The molecule has 0 saturated heterocycles. The first kappa shape index (κ1) is 12.4. The summed E-state index contributed by atoms with van der Waals surface area (Å²) in [5, 5.41) is 11.6. The van der Waals surface area contributed by atoms with E-state index in [1.807, 2.05) is 20.8 Å². The van der Waals surface area contributed by atoms with Crippen LogP contribution < -0.4 is 5.32 Å². The maximum absolute atomic E-state index is 11.0. The van der Waals surface area contributed by atoms with E-state index in [4.69, 9.17) is 9.84 Å². The Morgan fingerprint density at radius 3 is 2.62 bits per heavy atom. The third-order valence-corrected chi connectivity index (χ3v) is 1.63. The third-order valence-electron chi connectivity index (χ3n) is 1.63. The standard InChI is InChI=1S/C9H19NO3/c1-4-13-5-8(12)10-6-9(2,3)7-11/h11H,4-7H2,1-3H3,(H,10,12). The zero-order valence-electron chi connectivity index (χ0n) is 8.59. The Labute approximate surface area is 79.3 Å². The first-order valence-electron chi connectivity index (χ1n) is 4.47. The first-order chi connectivity index (χ1) is 6.02. The number of carbonyl (C=O) groups excluding carboxylic acids is 1. The van der Waals surface area contributed by atoms with E-state index in [0.29, 0.717) is 13.2 Å². The minimum Gasteiger partial charge on any atom is -0.396 e. The smallest absolute Gasteiger partial charge is 0.246 e. The predicted octanol–water partition coefficient (Wildman–Crippen LogP) is 0.158. The molecule has 0 fully saturated rings. The summed E-state index contributed by atoms with van der Waals surface area (Å²) >= 11 is 0. The number of amides is 1. The van der Waals surface area contributed by atoms with Gasteiger partial charge in [-0.1, -0.05) is 13.8 Å². The lowest BCUT2D eigenvalue weighted by Crippen LogP contribution is -2.37. The molecule has 2 N–H and O–H groups in total. The molecule has 0 atom stereocenters. The van der Waals surface area contributed by atoms with E-state index in [-0.39, 0.29) is 24.5 Å². The third kappa shape index (κ3) is 6.54. The van der Waals surface area contributed by atoms with E-state index < -0.39 is 0 Å². The lowest BCUT2D eigenvalue weighted by molar-refractivity contribution is -0.126. The molecule has 0 spiro atoms. The quantitative estimate of drug-likeness (QED) is 0.625. The largest absolute Gasteiger partial charge is 0.396 e. The maximum atomic E-state index is 11.0. The molecule has 0 radical (unpaired) electrons. The fourth-order valence-electron chi connectivity index (χ4n) is 0.640. The average Bonchev–Trinajstić information content (AvgIpc) is 2.11. The highest BCUT2D eigenvalue weighted by atomic mass is 16.5. The van der Waals surface area contributed by atoms with Crippen molar-refractivity contribution in [3.05, 3.63) is 0 Å². The number of hydrogen-bond acceptors (Lipinski definition) is 3. The Kier molecular flexibility index (Phi) is 5.66. The molecule has 4 nitrogen and oxygen atoms in total. The van der Waals surface area contributed by atoms with E-state index in [9.17, 15) is 4.79 Å². The lowest BCUT2D eigenvalue weighted by atomic mass is 9.95. The Balaban J connectivity index is 3.57. The van der Waals surface area contributed by atoms with Gasteiger partial charge in [0.1, 0.15) is 6.61 Å². The minimum absolute atomic E-state index is 0.0575. The van der Waals surface area contributed by atoms with Gasteiger partial charge >= 0.3 is 0 Å². The number of ether oxygens (including phenoxy) is 1. The summed E-state index contributed by atoms with van der Waals surface area (Å²) in [4.78, 5) is 11.0. The van der Waals surface area contributed by atoms with Crippen LogP contribution in [0.2, 0.25) is 0 Å². The van der Waals surface area contributed by atoms with Crippen LogP contribution in [0, 0.1) is 5.41 Å². The molecule has 1 amide bonds. The van der Waals surface area contributed by atoms with Gasteiger partial charge < -0.3 is 15.2 Å². The summed E-state index contributed by atoms with van der Waals surface area (Å²) in [6.07, 6.45) is 0. The highest BCUT2D eigenvalue weighted by molar-refractivity contribution is 5.77. The van der Waals surface area contributed by atoms with Gasteiger partial charge in [-0.2, -0.15) is 0 Å². The number of hydrogen-bond donors (Lipinski definition) is 2. The van der Waals surface area contributed by atoms with Crippen LogP contribution in [-0.4, -0.2) is 37.4 Å². The SMILES string of the molecule is CCOCC(=O)NCC(C)(C)CO. The van der Waals surface area contributed by atoms with Crippen LogP contribution in [0.5, 0.6) is 0 Å². The van der Waals surface area contributed by atoms with Gasteiger partial charge in [-0.15, -0.1) is 0 Å². The van der Waals surface area contributed by atoms with Crippen LogP contribution in [0.4, 0.5) is 0 Å². The number of carbonyl (C=O) groups is 1. The lowest BCUT2D eigenvalue weighted by Gasteiger charge is -2.21. The van der Waals surface area contributed by atoms with Crippen molar-refractivity contribution in [2.75, 3.05) is 26.4 Å². The monoisotopic (exact) mass is 189 g/mol. The molecule has 78 valence electrons. The van der Waals surface area contributed by atoms with Crippen LogP contribution in [0.3, 0.4) is 0 Å².